The number of rotatable bonds is 2. The van der Waals surface area contributed by atoms with Crippen molar-refractivity contribution in [3.8, 4) is 0 Å². The SMILES string of the molecule is O=C(Nc1ccccc1)c1nc(=O)[nH]c2ccccc12. The molecule has 3 aromatic rings. The first-order valence-corrected chi connectivity index (χ1v) is 6.09. The zero-order chi connectivity index (χ0) is 13.9. The van der Waals surface area contributed by atoms with Gasteiger partial charge in [0.05, 0.1) is 5.52 Å². The molecular weight excluding hydrogens is 254 g/mol. The molecule has 2 aromatic carbocycles. The number of aromatic amines is 1. The number of amides is 1. The highest BCUT2D eigenvalue weighted by atomic mass is 16.2. The second-order valence-electron chi connectivity index (χ2n) is 4.26. The van der Waals surface area contributed by atoms with Crippen LogP contribution in [0.4, 0.5) is 5.69 Å². The predicted octanol–water partition coefficient (Wildman–Crippen LogP) is 2.18. The number of H-pyrrole nitrogens is 1. The highest BCUT2D eigenvalue weighted by Crippen LogP contribution is 2.14. The minimum Gasteiger partial charge on any atom is -0.321 e. The van der Waals surface area contributed by atoms with Crippen LogP contribution in [-0.4, -0.2) is 15.9 Å². The third-order valence-corrected chi connectivity index (χ3v) is 2.88. The van der Waals surface area contributed by atoms with Gasteiger partial charge in [-0.25, -0.2) is 4.79 Å². The van der Waals surface area contributed by atoms with E-state index in [1.807, 2.05) is 18.2 Å². The number of hydrogen-bond acceptors (Lipinski definition) is 3. The summed E-state index contributed by atoms with van der Waals surface area (Å²) >= 11 is 0. The zero-order valence-corrected chi connectivity index (χ0v) is 10.5. The molecule has 3 rings (SSSR count). The molecule has 0 unspecified atom stereocenters. The number of nitrogens with zero attached hydrogens (tertiary/aromatic N) is 1. The maximum atomic E-state index is 12.3. The Morgan fingerprint density at radius 3 is 2.50 bits per heavy atom. The molecule has 1 amide bonds. The van der Waals surface area contributed by atoms with Gasteiger partial charge in [0.1, 0.15) is 5.69 Å². The minimum absolute atomic E-state index is 0.119. The lowest BCUT2D eigenvalue weighted by Gasteiger charge is -2.06. The van der Waals surface area contributed by atoms with Crippen molar-refractivity contribution >= 4 is 22.5 Å². The van der Waals surface area contributed by atoms with E-state index in [0.29, 0.717) is 16.6 Å². The summed E-state index contributed by atoms with van der Waals surface area (Å²) in [5.41, 5.74) is 0.824. The first kappa shape index (κ1) is 12.1. The third-order valence-electron chi connectivity index (χ3n) is 2.88. The lowest BCUT2D eigenvalue weighted by molar-refractivity contribution is 0.102. The normalized spacial score (nSPS) is 10.4. The molecule has 2 N–H and O–H groups in total. The van der Waals surface area contributed by atoms with Crippen molar-refractivity contribution in [3.63, 3.8) is 0 Å². The highest BCUT2D eigenvalue weighted by Gasteiger charge is 2.13. The van der Waals surface area contributed by atoms with E-state index in [2.05, 4.69) is 15.3 Å². The van der Waals surface area contributed by atoms with Gasteiger partial charge in [0, 0.05) is 11.1 Å². The van der Waals surface area contributed by atoms with Crippen LogP contribution < -0.4 is 11.0 Å². The van der Waals surface area contributed by atoms with Crippen molar-refractivity contribution in [2.75, 3.05) is 5.32 Å². The number of carbonyl (C=O) groups excluding carboxylic acids is 1. The largest absolute Gasteiger partial charge is 0.346 e. The molecule has 5 nitrogen and oxygen atoms in total. The van der Waals surface area contributed by atoms with Crippen molar-refractivity contribution in [3.05, 3.63) is 70.8 Å². The summed E-state index contributed by atoms with van der Waals surface area (Å²) in [5, 5.41) is 3.33. The Balaban J connectivity index is 2.05. The summed E-state index contributed by atoms with van der Waals surface area (Å²) < 4.78 is 0. The first-order chi connectivity index (χ1) is 9.74. The molecule has 0 radical (unpaired) electrons. The van der Waals surface area contributed by atoms with E-state index in [1.54, 1.807) is 36.4 Å². The van der Waals surface area contributed by atoms with Gasteiger partial charge in [-0.15, -0.1) is 0 Å². The topological polar surface area (TPSA) is 74.8 Å². The Bertz CT molecular complexity index is 825. The Morgan fingerprint density at radius 2 is 1.70 bits per heavy atom. The number of fused-ring (bicyclic) bond motifs is 1. The van der Waals surface area contributed by atoms with Crippen molar-refractivity contribution in [1.29, 1.82) is 0 Å². The molecule has 0 aliphatic heterocycles. The molecule has 1 aromatic heterocycles. The van der Waals surface area contributed by atoms with Crippen LogP contribution >= 0.6 is 0 Å². The monoisotopic (exact) mass is 265 g/mol. The minimum atomic E-state index is -0.540. The Kier molecular flexibility index (Phi) is 3.01. The fraction of sp³-hybridized carbons (Fsp3) is 0. The standard InChI is InChI=1S/C15H11N3O2/c19-14(16-10-6-2-1-3-7-10)13-11-8-4-5-9-12(11)17-15(20)18-13/h1-9H,(H,16,19)(H,17,18,20). The summed E-state index contributed by atoms with van der Waals surface area (Å²) in [6.07, 6.45) is 0. The van der Waals surface area contributed by atoms with Crippen LogP contribution in [0.2, 0.25) is 0 Å². The van der Waals surface area contributed by atoms with Gasteiger partial charge in [0.25, 0.3) is 5.91 Å². The molecule has 20 heavy (non-hydrogen) atoms. The molecule has 1 heterocycles. The van der Waals surface area contributed by atoms with Crippen molar-refractivity contribution < 1.29 is 4.79 Å². The van der Waals surface area contributed by atoms with Crippen molar-refractivity contribution in [2.45, 2.75) is 0 Å². The molecule has 98 valence electrons. The Hall–Kier alpha value is -2.95. The van der Waals surface area contributed by atoms with E-state index in [-0.39, 0.29) is 5.69 Å². The van der Waals surface area contributed by atoms with E-state index in [9.17, 15) is 9.59 Å². The smallest absolute Gasteiger partial charge is 0.321 e. The predicted molar refractivity (Wildman–Crippen MR) is 76.8 cm³/mol. The van der Waals surface area contributed by atoms with Crippen molar-refractivity contribution in [2.24, 2.45) is 0 Å². The van der Waals surface area contributed by atoms with E-state index >= 15 is 0 Å². The van der Waals surface area contributed by atoms with Gasteiger partial charge in [-0.1, -0.05) is 36.4 Å². The highest BCUT2D eigenvalue weighted by molar-refractivity contribution is 6.10. The molecule has 0 saturated carbocycles. The van der Waals surface area contributed by atoms with Crippen LogP contribution in [-0.2, 0) is 0 Å². The summed E-state index contributed by atoms with van der Waals surface area (Å²) in [5.74, 6) is -0.404. The molecular formula is C15H11N3O2. The van der Waals surface area contributed by atoms with Gasteiger partial charge in [0.2, 0.25) is 0 Å². The van der Waals surface area contributed by atoms with Gasteiger partial charge in [-0.2, -0.15) is 4.98 Å². The van der Waals surface area contributed by atoms with Gasteiger partial charge in [-0.3, -0.25) is 4.79 Å². The second-order valence-corrected chi connectivity index (χ2v) is 4.26. The maximum absolute atomic E-state index is 12.3. The molecule has 0 aliphatic rings. The molecule has 0 spiro atoms. The van der Waals surface area contributed by atoms with Crippen LogP contribution in [0.5, 0.6) is 0 Å². The van der Waals surface area contributed by atoms with Gasteiger partial charge in [-0.05, 0) is 18.2 Å². The number of hydrogen-bond donors (Lipinski definition) is 2. The van der Waals surface area contributed by atoms with E-state index in [4.69, 9.17) is 0 Å². The van der Waals surface area contributed by atoms with E-state index in [1.165, 1.54) is 0 Å². The number of aromatic nitrogens is 2. The maximum Gasteiger partial charge on any atom is 0.346 e. The average molecular weight is 265 g/mol. The summed E-state index contributed by atoms with van der Waals surface area (Å²) in [4.78, 5) is 30.1. The van der Waals surface area contributed by atoms with Gasteiger partial charge < -0.3 is 10.3 Å². The number of carbonyl (C=O) groups is 1. The van der Waals surface area contributed by atoms with E-state index < -0.39 is 11.6 Å². The Morgan fingerprint density at radius 1 is 1.00 bits per heavy atom. The summed E-state index contributed by atoms with van der Waals surface area (Å²) in [6, 6.07) is 16.1. The van der Waals surface area contributed by atoms with Crippen LogP contribution in [0.1, 0.15) is 10.5 Å². The van der Waals surface area contributed by atoms with Crippen LogP contribution in [0.15, 0.2) is 59.4 Å². The number of anilines is 1. The fourth-order valence-corrected chi connectivity index (χ4v) is 1.99. The average Bonchev–Trinajstić information content (AvgIpc) is 2.47. The number of nitrogens with one attached hydrogen (secondary N) is 2. The third kappa shape index (κ3) is 2.29. The van der Waals surface area contributed by atoms with Crippen molar-refractivity contribution in [1.82, 2.24) is 9.97 Å². The second kappa shape index (κ2) is 4.97. The zero-order valence-electron chi connectivity index (χ0n) is 10.5. The number of para-hydroxylation sites is 2. The summed E-state index contributed by atoms with van der Waals surface area (Å²) in [7, 11) is 0. The Labute approximate surface area is 114 Å². The lowest BCUT2D eigenvalue weighted by Crippen LogP contribution is -2.21. The molecule has 0 aliphatic carbocycles. The van der Waals surface area contributed by atoms with E-state index in [0.717, 1.165) is 0 Å². The summed E-state index contributed by atoms with van der Waals surface area (Å²) in [6.45, 7) is 0. The van der Waals surface area contributed by atoms with Crippen LogP contribution in [0.3, 0.4) is 0 Å². The molecule has 0 fully saturated rings. The van der Waals surface area contributed by atoms with Crippen LogP contribution in [0.25, 0.3) is 10.9 Å². The number of benzene rings is 2. The van der Waals surface area contributed by atoms with Gasteiger partial charge >= 0.3 is 5.69 Å². The quantitative estimate of drug-likeness (QED) is 0.745. The first-order valence-electron chi connectivity index (χ1n) is 6.09. The lowest BCUT2D eigenvalue weighted by atomic mass is 10.2. The van der Waals surface area contributed by atoms with Gasteiger partial charge in [0.15, 0.2) is 0 Å². The molecule has 0 atom stereocenters. The van der Waals surface area contributed by atoms with Crippen LogP contribution in [0, 0.1) is 0 Å². The molecule has 5 heteroatoms. The molecule has 0 saturated heterocycles. The molecule has 0 bridgehead atoms. The fourth-order valence-electron chi connectivity index (χ4n) is 1.99.